The molecule has 2 rings (SSSR count). The van der Waals surface area contributed by atoms with Crippen molar-refractivity contribution < 1.29 is 0 Å². The van der Waals surface area contributed by atoms with Gasteiger partial charge in [-0.2, -0.15) is 0 Å². The largest absolute Gasteiger partial charge is 0.348 e. The molecule has 1 aliphatic carbocycles. The van der Waals surface area contributed by atoms with E-state index in [4.69, 9.17) is 0 Å². The predicted molar refractivity (Wildman–Crippen MR) is 57.2 cm³/mol. The predicted octanol–water partition coefficient (Wildman–Crippen LogP) is 1.51. The maximum atomic E-state index is 4.31. The van der Waals surface area contributed by atoms with E-state index in [-0.39, 0.29) is 0 Å². The fourth-order valence-corrected chi connectivity index (χ4v) is 2.05. The molecule has 0 amide bonds. The second-order valence-corrected chi connectivity index (χ2v) is 4.50. The summed E-state index contributed by atoms with van der Waals surface area (Å²) in [6.45, 7) is 5.53. The van der Waals surface area contributed by atoms with E-state index < -0.39 is 0 Å². The Kier molecular flexibility index (Phi) is 2.87. The van der Waals surface area contributed by atoms with Gasteiger partial charge < -0.3 is 10.3 Å². The van der Waals surface area contributed by atoms with E-state index in [1.54, 1.807) is 0 Å². The molecular weight excluding hydrogens is 174 g/mol. The summed E-state index contributed by atoms with van der Waals surface area (Å²) in [5.74, 6) is 0.783. The van der Waals surface area contributed by atoms with Gasteiger partial charge in [-0.1, -0.05) is 13.8 Å². The van der Waals surface area contributed by atoms with E-state index in [0.717, 1.165) is 25.3 Å². The normalized spacial score (nSPS) is 21.2. The summed E-state index contributed by atoms with van der Waals surface area (Å²) in [5.41, 5.74) is 2.64. The van der Waals surface area contributed by atoms with Crippen molar-refractivity contribution in [1.82, 2.24) is 15.3 Å². The molecule has 0 bridgehead atoms. The lowest BCUT2D eigenvalue weighted by Gasteiger charge is -2.22. The van der Waals surface area contributed by atoms with Crippen molar-refractivity contribution in [1.29, 1.82) is 0 Å². The average Bonchev–Trinajstić information content (AvgIpc) is 2.61. The number of imidazole rings is 1. The molecule has 78 valence electrons. The molecule has 1 aromatic rings. The maximum absolute atomic E-state index is 4.31. The van der Waals surface area contributed by atoms with Crippen LogP contribution in [0.1, 0.15) is 31.7 Å². The zero-order valence-corrected chi connectivity index (χ0v) is 9.01. The Bertz CT molecular complexity index is 290. The summed E-state index contributed by atoms with van der Waals surface area (Å²) < 4.78 is 0. The molecule has 0 fully saturated rings. The van der Waals surface area contributed by atoms with Crippen molar-refractivity contribution in [3.05, 3.63) is 17.7 Å². The standard InChI is InChI=1S/C11H19N3/c1-8(2)12-6-9-3-4-10-11(5-9)14-7-13-10/h7-9,12H,3-6H2,1-2H3,(H,13,14). The van der Waals surface area contributed by atoms with Crippen LogP contribution in [0, 0.1) is 5.92 Å². The van der Waals surface area contributed by atoms with Crippen molar-refractivity contribution in [3.63, 3.8) is 0 Å². The Morgan fingerprint density at radius 2 is 2.50 bits per heavy atom. The monoisotopic (exact) mass is 193 g/mol. The molecule has 14 heavy (non-hydrogen) atoms. The van der Waals surface area contributed by atoms with Crippen LogP contribution in [0.15, 0.2) is 6.33 Å². The minimum Gasteiger partial charge on any atom is -0.348 e. The Labute approximate surface area is 85.3 Å². The van der Waals surface area contributed by atoms with Crippen LogP contribution in [0.3, 0.4) is 0 Å². The molecule has 0 saturated heterocycles. The minimum atomic E-state index is 0.596. The molecule has 1 aliphatic rings. The number of aryl methyl sites for hydroxylation is 1. The van der Waals surface area contributed by atoms with Crippen LogP contribution in [0.5, 0.6) is 0 Å². The first kappa shape index (κ1) is 9.71. The first-order valence-corrected chi connectivity index (χ1v) is 5.50. The average molecular weight is 193 g/mol. The highest BCUT2D eigenvalue weighted by Gasteiger charge is 2.20. The van der Waals surface area contributed by atoms with E-state index in [2.05, 4.69) is 29.1 Å². The summed E-state index contributed by atoms with van der Waals surface area (Å²) in [6, 6.07) is 0.596. The maximum Gasteiger partial charge on any atom is 0.0925 e. The molecule has 1 atom stereocenters. The first-order chi connectivity index (χ1) is 6.75. The summed E-state index contributed by atoms with van der Waals surface area (Å²) in [4.78, 5) is 7.55. The lowest BCUT2D eigenvalue weighted by atomic mass is 9.90. The van der Waals surface area contributed by atoms with E-state index in [1.807, 2.05) is 6.33 Å². The summed E-state index contributed by atoms with van der Waals surface area (Å²) >= 11 is 0. The number of hydrogen-bond donors (Lipinski definition) is 2. The number of nitrogens with zero attached hydrogens (tertiary/aromatic N) is 1. The van der Waals surface area contributed by atoms with Crippen molar-refractivity contribution >= 4 is 0 Å². The summed E-state index contributed by atoms with van der Waals surface area (Å²) in [5, 5.41) is 3.50. The van der Waals surface area contributed by atoms with Gasteiger partial charge in [0.25, 0.3) is 0 Å². The summed E-state index contributed by atoms with van der Waals surface area (Å²) in [6.07, 6.45) is 5.40. The fourth-order valence-electron chi connectivity index (χ4n) is 2.05. The summed E-state index contributed by atoms with van der Waals surface area (Å²) in [7, 11) is 0. The van der Waals surface area contributed by atoms with Crippen molar-refractivity contribution in [3.8, 4) is 0 Å². The number of hydrogen-bond acceptors (Lipinski definition) is 2. The smallest absolute Gasteiger partial charge is 0.0925 e. The Morgan fingerprint density at radius 1 is 1.64 bits per heavy atom. The van der Waals surface area contributed by atoms with Crippen LogP contribution in [0.4, 0.5) is 0 Å². The van der Waals surface area contributed by atoms with Gasteiger partial charge in [0.05, 0.1) is 12.0 Å². The van der Waals surface area contributed by atoms with E-state index in [9.17, 15) is 0 Å². The van der Waals surface area contributed by atoms with Crippen LogP contribution in [0.2, 0.25) is 0 Å². The second-order valence-electron chi connectivity index (χ2n) is 4.50. The lowest BCUT2D eigenvalue weighted by Crippen LogP contribution is -2.31. The van der Waals surface area contributed by atoms with Gasteiger partial charge in [0.2, 0.25) is 0 Å². The molecule has 1 unspecified atom stereocenters. The highest BCUT2D eigenvalue weighted by molar-refractivity contribution is 5.15. The van der Waals surface area contributed by atoms with Gasteiger partial charge in [0.1, 0.15) is 0 Å². The van der Waals surface area contributed by atoms with Crippen LogP contribution < -0.4 is 5.32 Å². The minimum absolute atomic E-state index is 0.596. The molecule has 2 N–H and O–H groups in total. The third kappa shape index (κ3) is 2.15. The van der Waals surface area contributed by atoms with Crippen molar-refractivity contribution in [2.24, 2.45) is 5.92 Å². The lowest BCUT2D eigenvalue weighted by molar-refractivity contribution is 0.402. The molecule has 0 radical (unpaired) electrons. The Morgan fingerprint density at radius 3 is 3.29 bits per heavy atom. The quantitative estimate of drug-likeness (QED) is 0.764. The molecule has 1 heterocycles. The molecule has 0 spiro atoms. The van der Waals surface area contributed by atoms with Gasteiger partial charge in [0.15, 0.2) is 0 Å². The molecule has 0 aromatic carbocycles. The topological polar surface area (TPSA) is 40.7 Å². The number of aromatic nitrogens is 2. The van der Waals surface area contributed by atoms with Gasteiger partial charge >= 0.3 is 0 Å². The molecule has 0 saturated carbocycles. The number of nitrogens with one attached hydrogen (secondary N) is 2. The Hall–Kier alpha value is -0.830. The first-order valence-electron chi connectivity index (χ1n) is 5.50. The Balaban J connectivity index is 1.88. The highest BCUT2D eigenvalue weighted by atomic mass is 14.9. The number of fused-ring (bicyclic) bond motifs is 1. The van der Waals surface area contributed by atoms with E-state index >= 15 is 0 Å². The van der Waals surface area contributed by atoms with Crippen molar-refractivity contribution in [2.75, 3.05) is 6.54 Å². The zero-order valence-electron chi connectivity index (χ0n) is 9.01. The molecular formula is C11H19N3. The van der Waals surface area contributed by atoms with Crippen LogP contribution in [-0.2, 0) is 12.8 Å². The van der Waals surface area contributed by atoms with Gasteiger partial charge in [-0.25, -0.2) is 4.98 Å². The zero-order chi connectivity index (χ0) is 9.97. The number of rotatable bonds is 3. The van der Waals surface area contributed by atoms with Crippen LogP contribution in [-0.4, -0.2) is 22.6 Å². The van der Waals surface area contributed by atoms with Gasteiger partial charge in [-0.3, -0.25) is 0 Å². The number of aromatic amines is 1. The van der Waals surface area contributed by atoms with Crippen LogP contribution in [0.25, 0.3) is 0 Å². The number of H-pyrrole nitrogens is 1. The molecule has 1 aromatic heterocycles. The highest BCUT2D eigenvalue weighted by Crippen LogP contribution is 2.22. The fraction of sp³-hybridized carbons (Fsp3) is 0.727. The van der Waals surface area contributed by atoms with E-state index in [1.165, 1.54) is 17.8 Å². The van der Waals surface area contributed by atoms with Crippen LogP contribution >= 0.6 is 0 Å². The van der Waals surface area contributed by atoms with Crippen molar-refractivity contribution in [2.45, 2.75) is 39.2 Å². The second kappa shape index (κ2) is 4.13. The van der Waals surface area contributed by atoms with Gasteiger partial charge in [0, 0.05) is 11.7 Å². The van der Waals surface area contributed by atoms with E-state index in [0.29, 0.717) is 6.04 Å². The van der Waals surface area contributed by atoms with Gasteiger partial charge in [-0.05, 0) is 31.7 Å². The molecule has 3 heteroatoms. The molecule has 0 aliphatic heterocycles. The van der Waals surface area contributed by atoms with Gasteiger partial charge in [-0.15, -0.1) is 0 Å². The molecule has 3 nitrogen and oxygen atoms in total. The third-order valence-electron chi connectivity index (χ3n) is 2.90. The SMILES string of the molecule is CC(C)NCC1CCc2nc[nH]c2C1. The third-order valence-corrected chi connectivity index (χ3v) is 2.90.